The Hall–Kier alpha value is -3.12. The molecule has 1 amide bonds. The van der Waals surface area contributed by atoms with Crippen molar-refractivity contribution in [2.75, 3.05) is 31.2 Å². The van der Waals surface area contributed by atoms with E-state index in [0.717, 1.165) is 67.0 Å². The van der Waals surface area contributed by atoms with Crippen LogP contribution in [0.15, 0.2) is 59.1 Å². The van der Waals surface area contributed by atoms with Crippen molar-refractivity contribution >= 4 is 11.8 Å². The highest BCUT2D eigenvalue weighted by Gasteiger charge is 2.31. The SMILES string of the molecule is Cc1cccc(-c2noc(N3CCOCC3)c2CN(Cc2ccccc2)C(=O)C2CCCC2)c1. The van der Waals surface area contributed by atoms with Crippen LogP contribution in [0.25, 0.3) is 11.3 Å². The molecule has 0 bridgehead atoms. The number of nitrogens with zero attached hydrogens (tertiary/aromatic N) is 3. The van der Waals surface area contributed by atoms with Crippen molar-refractivity contribution < 1.29 is 14.1 Å². The maximum absolute atomic E-state index is 13.7. The predicted octanol–water partition coefficient (Wildman–Crippen LogP) is 5.21. The van der Waals surface area contributed by atoms with Gasteiger partial charge in [0.1, 0.15) is 5.69 Å². The summed E-state index contributed by atoms with van der Waals surface area (Å²) in [4.78, 5) is 17.9. The summed E-state index contributed by atoms with van der Waals surface area (Å²) in [6, 6.07) is 18.6. The molecule has 2 aromatic carbocycles. The largest absolute Gasteiger partial charge is 0.378 e. The molecule has 3 aromatic rings. The third-order valence-corrected chi connectivity index (χ3v) is 6.94. The van der Waals surface area contributed by atoms with E-state index in [-0.39, 0.29) is 11.8 Å². The summed E-state index contributed by atoms with van der Waals surface area (Å²) in [5, 5.41) is 4.52. The average Bonchev–Trinajstić information content (AvgIpc) is 3.55. The van der Waals surface area contributed by atoms with Gasteiger partial charge in [-0.25, -0.2) is 0 Å². The first-order chi connectivity index (χ1) is 16.7. The molecule has 1 saturated carbocycles. The zero-order valence-corrected chi connectivity index (χ0v) is 19.9. The molecular formula is C28H33N3O3. The van der Waals surface area contributed by atoms with Crippen LogP contribution in [0.2, 0.25) is 0 Å². The highest BCUT2D eigenvalue weighted by Crippen LogP contribution is 2.35. The number of amides is 1. The zero-order valence-electron chi connectivity index (χ0n) is 19.9. The van der Waals surface area contributed by atoms with Gasteiger partial charge in [-0.05, 0) is 31.4 Å². The van der Waals surface area contributed by atoms with Crippen LogP contribution >= 0.6 is 0 Å². The van der Waals surface area contributed by atoms with Gasteiger partial charge >= 0.3 is 0 Å². The van der Waals surface area contributed by atoms with Crippen molar-refractivity contribution in [3.8, 4) is 11.3 Å². The second-order valence-corrected chi connectivity index (χ2v) is 9.45. The quantitative estimate of drug-likeness (QED) is 0.486. The van der Waals surface area contributed by atoms with Gasteiger partial charge in [0.2, 0.25) is 11.8 Å². The van der Waals surface area contributed by atoms with Crippen molar-refractivity contribution in [2.45, 2.75) is 45.7 Å². The minimum atomic E-state index is 0.109. The number of anilines is 1. The molecule has 1 aliphatic heterocycles. The normalized spacial score (nSPS) is 16.7. The summed E-state index contributed by atoms with van der Waals surface area (Å²) in [6.07, 6.45) is 4.23. The summed E-state index contributed by atoms with van der Waals surface area (Å²) in [5.74, 6) is 1.11. The first-order valence-corrected chi connectivity index (χ1v) is 12.4. The second kappa shape index (κ2) is 10.4. The topological polar surface area (TPSA) is 58.8 Å². The van der Waals surface area contributed by atoms with E-state index in [1.807, 2.05) is 29.2 Å². The molecule has 34 heavy (non-hydrogen) atoms. The lowest BCUT2D eigenvalue weighted by atomic mass is 10.0. The molecule has 0 unspecified atom stereocenters. The minimum Gasteiger partial charge on any atom is -0.378 e. The molecule has 0 spiro atoms. The average molecular weight is 460 g/mol. The number of carbonyl (C=O) groups is 1. The summed E-state index contributed by atoms with van der Waals surface area (Å²) in [5.41, 5.74) is 5.13. The van der Waals surface area contributed by atoms with E-state index in [4.69, 9.17) is 9.26 Å². The molecule has 1 aliphatic carbocycles. The molecule has 2 heterocycles. The van der Waals surface area contributed by atoms with E-state index in [2.05, 4.69) is 47.3 Å². The van der Waals surface area contributed by atoms with E-state index in [1.54, 1.807) is 0 Å². The fourth-order valence-electron chi connectivity index (χ4n) is 5.11. The highest BCUT2D eigenvalue weighted by molar-refractivity contribution is 5.80. The molecule has 1 aromatic heterocycles. The minimum absolute atomic E-state index is 0.109. The number of hydrogen-bond acceptors (Lipinski definition) is 5. The summed E-state index contributed by atoms with van der Waals surface area (Å²) >= 11 is 0. The number of morpholine rings is 1. The Balaban J connectivity index is 1.52. The summed E-state index contributed by atoms with van der Waals surface area (Å²) < 4.78 is 11.5. The number of hydrogen-bond donors (Lipinski definition) is 0. The number of carbonyl (C=O) groups excluding carboxylic acids is 1. The lowest BCUT2D eigenvalue weighted by molar-refractivity contribution is -0.136. The van der Waals surface area contributed by atoms with E-state index < -0.39 is 0 Å². The molecule has 5 rings (SSSR count). The number of ether oxygens (including phenoxy) is 1. The van der Waals surface area contributed by atoms with Gasteiger partial charge in [0.05, 0.1) is 25.3 Å². The Morgan fingerprint density at radius 1 is 1.03 bits per heavy atom. The van der Waals surface area contributed by atoms with Crippen molar-refractivity contribution in [3.05, 3.63) is 71.3 Å². The van der Waals surface area contributed by atoms with Gasteiger partial charge in [-0.1, -0.05) is 72.1 Å². The Labute approximate surface area is 201 Å². The van der Waals surface area contributed by atoms with Crippen LogP contribution in [-0.4, -0.2) is 42.3 Å². The predicted molar refractivity (Wildman–Crippen MR) is 132 cm³/mol. The van der Waals surface area contributed by atoms with Gasteiger partial charge in [-0.15, -0.1) is 0 Å². The fourth-order valence-corrected chi connectivity index (χ4v) is 5.11. The van der Waals surface area contributed by atoms with E-state index in [9.17, 15) is 4.79 Å². The standard InChI is InChI=1S/C28H33N3O3/c1-21-8-7-13-24(18-21)26-25(28(34-29-26)30-14-16-33-17-15-30)20-31(19-22-9-3-2-4-10-22)27(32)23-11-5-6-12-23/h2-4,7-10,13,18,23H,5-6,11-12,14-17,19-20H2,1H3. The number of rotatable bonds is 7. The van der Waals surface area contributed by atoms with E-state index in [0.29, 0.717) is 26.3 Å². The maximum atomic E-state index is 13.7. The Bertz CT molecular complexity index is 1100. The summed E-state index contributed by atoms with van der Waals surface area (Å²) in [7, 11) is 0. The Morgan fingerprint density at radius 3 is 2.53 bits per heavy atom. The van der Waals surface area contributed by atoms with E-state index in [1.165, 1.54) is 5.56 Å². The van der Waals surface area contributed by atoms with Crippen LogP contribution in [0.4, 0.5) is 5.88 Å². The molecule has 178 valence electrons. The molecule has 0 N–H and O–H groups in total. The van der Waals surface area contributed by atoms with Gasteiger partial charge in [0.15, 0.2) is 0 Å². The lowest BCUT2D eigenvalue weighted by Gasteiger charge is -2.29. The zero-order chi connectivity index (χ0) is 23.3. The number of aromatic nitrogens is 1. The lowest BCUT2D eigenvalue weighted by Crippen LogP contribution is -2.38. The van der Waals surface area contributed by atoms with Crippen molar-refractivity contribution in [1.29, 1.82) is 0 Å². The van der Waals surface area contributed by atoms with Gasteiger partial charge in [-0.2, -0.15) is 0 Å². The van der Waals surface area contributed by atoms with E-state index >= 15 is 0 Å². The first kappa shape index (κ1) is 22.7. The molecule has 1 saturated heterocycles. The van der Waals surface area contributed by atoms with Crippen LogP contribution in [0, 0.1) is 12.8 Å². The van der Waals surface area contributed by atoms with Gasteiger partial charge < -0.3 is 19.1 Å². The second-order valence-electron chi connectivity index (χ2n) is 9.45. The third kappa shape index (κ3) is 5.02. The number of benzene rings is 2. The summed E-state index contributed by atoms with van der Waals surface area (Å²) in [6.45, 7) is 5.97. The number of aryl methyl sites for hydroxylation is 1. The first-order valence-electron chi connectivity index (χ1n) is 12.4. The van der Waals surface area contributed by atoms with Crippen molar-refractivity contribution in [3.63, 3.8) is 0 Å². The van der Waals surface area contributed by atoms with Gasteiger partial charge in [0.25, 0.3) is 0 Å². The van der Waals surface area contributed by atoms with Crippen molar-refractivity contribution in [1.82, 2.24) is 10.1 Å². The molecule has 0 radical (unpaired) electrons. The smallest absolute Gasteiger partial charge is 0.233 e. The Kier molecular flexibility index (Phi) is 6.95. The molecular weight excluding hydrogens is 426 g/mol. The third-order valence-electron chi connectivity index (χ3n) is 6.94. The molecule has 6 heteroatoms. The molecule has 0 atom stereocenters. The fraction of sp³-hybridized carbons (Fsp3) is 0.429. The van der Waals surface area contributed by atoms with Crippen LogP contribution < -0.4 is 4.90 Å². The molecule has 2 fully saturated rings. The van der Waals surface area contributed by atoms with Gasteiger partial charge in [0, 0.05) is 31.1 Å². The van der Waals surface area contributed by atoms with Crippen LogP contribution in [0.5, 0.6) is 0 Å². The van der Waals surface area contributed by atoms with Crippen molar-refractivity contribution in [2.24, 2.45) is 5.92 Å². The van der Waals surface area contributed by atoms with Gasteiger partial charge in [-0.3, -0.25) is 4.79 Å². The van der Waals surface area contributed by atoms with Crippen LogP contribution in [0.1, 0.15) is 42.4 Å². The maximum Gasteiger partial charge on any atom is 0.233 e. The molecule has 2 aliphatic rings. The monoisotopic (exact) mass is 459 g/mol. The van der Waals surface area contributed by atoms with Crippen LogP contribution in [0.3, 0.4) is 0 Å². The molecule has 6 nitrogen and oxygen atoms in total. The highest BCUT2D eigenvalue weighted by atomic mass is 16.5. The van der Waals surface area contributed by atoms with Crippen LogP contribution in [-0.2, 0) is 22.6 Å². The Morgan fingerprint density at radius 2 is 1.79 bits per heavy atom.